The van der Waals surface area contributed by atoms with Crippen molar-refractivity contribution in [3.63, 3.8) is 0 Å². The maximum atomic E-state index is 13.0. The summed E-state index contributed by atoms with van der Waals surface area (Å²) in [7, 11) is 0. The summed E-state index contributed by atoms with van der Waals surface area (Å²) in [6.07, 6.45) is 5.43. The van der Waals surface area contributed by atoms with Gasteiger partial charge in [-0.3, -0.25) is 4.79 Å². The Balaban J connectivity index is 1.79. The lowest BCUT2D eigenvalue weighted by atomic mass is 10.2. The molecule has 25 heavy (non-hydrogen) atoms. The van der Waals surface area contributed by atoms with E-state index in [-0.39, 0.29) is 5.91 Å². The first-order valence-electron chi connectivity index (χ1n) is 8.08. The Bertz CT molecular complexity index is 865. The summed E-state index contributed by atoms with van der Waals surface area (Å²) in [5, 5.41) is 5.12. The number of amides is 1. The van der Waals surface area contributed by atoms with Crippen LogP contribution < -0.4 is 0 Å². The molecule has 0 atom stereocenters. The highest BCUT2D eigenvalue weighted by Crippen LogP contribution is 2.22. The molecule has 1 aliphatic rings. The van der Waals surface area contributed by atoms with Crippen LogP contribution in [0.15, 0.2) is 55.0 Å². The Morgan fingerprint density at radius 1 is 1.08 bits per heavy atom. The van der Waals surface area contributed by atoms with Gasteiger partial charge in [-0.1, -0.05) is 11.6 Å². The fourth-order valence-corrected chi connectivity index (χ4v) is 3.05. The molecule has 6 nitrogen and oxygen atoms in total. The summed E-state index contributed by atoms with van der Waals surface area (Å²) in [5.41, 5.74) is 1.40. The maximum Gasteiger partial charge on any atom is 0.259 e. The predicted octanol–water partition coefficient (Wildman–Crippen LogP) is 2.79. The molecule has 1 aromatic carbocycles. The van der Waals surface area contributed by atoms with Gasteiger partial charge in [0.1, 0.15) is 5.56 Å². The number of halogens is 1. The van der Waals surface area contributed by atoms with Crippen molar-refractivity contribution in [1.82, 2.24) is 19.2 Å². The first-order chi connectivity index (χ1) is 12.2. The van der Waals surface area contributed by atoms with E-state index in [0.717, 1.165) is 5.69 Å². The van der Waals surface area contributed by atoms with Crippen molar-refractivity contribution in [2.24, 2.45) is 0 Å². The average molecular weight is 357 g/mol. The molecule has 0 aliphatic carbocycles. The van der Waals surface area contributed by atoms with Gasteiger partial charge in [0.15, 0.2) is 5.82 Å². The topological polar surface area (TPSA) is 52.3 Å². The minimum absolute atomic E-state index is 0.0350. The molecule has 0 unspecified atom stereocenters. The van der Waals surface area contributed by atoms with Crippen molar-refractivity contribution in [3.05, 3.63) is 65.6 Å². The predicted molar refractivity (Wildman–Crippen MR) is 94.6 cm³/mol. The van der Waals surface area contributed by atoms with Crippen molar-refractivity contribution in [3.8, 4) is 11.5 Å². The van der Waals surface area contributed by atoms with E-state index in [1.165, 1.54) is 0 Å². The number of morpholine rings is 1. The SMILES string of the molecule is O=C(c1cnn(-c2ccc(Cl)cc2)c1-n1cccc1)N1CCOCC1. The van der Waals surface area contributed by atoms with Gasteiger partial charge in [-0.25, -0.2) is 4.68 Å². The van der Waals surface area contributed by atoms with Gasteiger partial charge < -0.3 is 14.2 Å². The van der Waals surface area contributed by atoms with Gasteiger partial charge in [0.05, 0.1) is 25.1 Å². The minimum Gasteiger partial charge on any atom is -0.378 e. The van der Waals surface area contributed by atoms with Gasteiger partial charge in [0.2, 0.25) is 0 Å². The number of aromatic nitrogens is 3. The van der Waals surface area contributed by atoms with Crippen LogP contribution in [-0.4, -0.2) is 51.5 Å². The summed E-state index contributed by atoms with van der Waals surface area (Å²) >= 11 is 5.99. The lowest BCUT2D eigenvalue weighted by Gasteiger charge is -2.26. The van der Waals surface area contributed by atoms with Crippen LogP contribution in [0.3, 0.4) is 0 Å². The standard InChI is InChI=1S/C18H17ClN4O2/c19-14-3-5-15(6-4-14)23-17(21-7-1-2-8-21)16(13-20-23)18(24)22-9-11-25-12-10-22/h1-8,13H,9-12H2. The second-order valence-electron chi connectivity index (χ2n) is 5.76. The van der Waals surface area contributed by atoms with E-state index in [4.69, 9.17) is 16.3 Å². The zero-order chi connectivity index (χ0) is 17.2. The molecule has 1 aliphatic heterocycles. The third kappa shape index (κ3) is 3.06. The Labute approximate surface area is 150 Å². The quantitative estimate of drug-likeness (QED) is 0.725. The highest BCUT2D eigenvalue weighted by Gasteiger charge is 2.25. The Morgan fingerprint density at radius 2 is 1.76 bits per heavy atom. The molecule has 2 aromatic heterocycles. The zero-order valence-corrected chi connectivity index (χ0v) is 14.3. The van der Waals surface area contributed by atoms with Gasteiger partial charge in [-0.05, 0) is 36.4 Å². The van der Waals surface area contributed by atoms with Gasteiger partial charge in [-0.2, -0.15) is 5.10 Å². The van der Waals surface area contributed by atoms with Gasteiger partial charge >= 0.3 is 0 Å². The second kappa shape index (κ2) is 6.74. The molecule has 1 amide bonds. The molecule has 0 N–H and O–H groups in total. The summed E-state index contributed by atoms with van der Waals surface area (Å²) in [6, 6.07) is 11.2. The molecule has 3 aromatic rings. The van der Waals surface area contributed by atoms with E-state index in [1.807, 2.05) is 53.4 Å². The van der Waals surface area contributed by atoms with Crippen molar-refractivity contribution in [2.75, 3.05) is 26.3 Å². The molecule has 0 saturated carbocycles. The molecule has 0 radical (unpaired) electrons. The van der Waals surface area contributed by atoms with Gasteiger partial charge in [0.25, 0.3) is 5.91 Å². The number of hydrogen-bond donors (Lipinski definition) is 0. The van der Waals surface area contributed by atoms with Crippen LogP contribution in [0.2, 0.25) is 5.02 Å². The number of benzene rings is 1. The zero-order valence-electron chi connectivity index (χ0n) is 13.5. The van der Waals surface area contributed by atoms with E-state index in [2.05, 4.69) is 5.10 Å². The molecule has 4 rings (SSSR count). The van der Waals surface area contributed by atoms with Crippen LogP contribution in [-0.2, 0) is 4.74 Å². The fourth-order valence-electron chi connectivity index (χ4n) is 2.93. The highest BCUT2D eigenvalue weighted by molar-refractivity contribution is 6.30. The molecule has 1 saturated heterocycles. The van der Waals surface area contributed by atoms with E-state index in [0.29, 0.717) is 42.7 Å². The van der Waals surface area contributed by atoms with Crippen molar-refractivity contribution in [1.29, 1.82) is 0 Å². The molecular weight excluding hydrogens is 340 g/mol. The van der Waals surface area contributed by atoms with E-state index in [1.54, 1.807) is 15.8 Å². The smallest absolute Gasteiger partial charge is 0.259 e. The summed E-state index contributed by atoms with van der Waals surface area (Å²) in [4.78, 5) is 14.8. The van der Waals surface area contributed by atoms with E-state index < -0.39 is 0 Å². The van der Waals surface area contributed by atoms with Gasteiger partial charge in [0, 0.05) is 30.5 Å². The molecule has 7 heteroatoms. The van der Waals surface area contributed by atoms with Gasteiger partial charge in [-0.15, -0.1) is 0 Å². The fraction of sp³-hybridized carbons (Fsp3) is 0.222. The van der Waals surface area contributed by atoms with E-state index in [9.17, 15) is 4.79 Å². The minimum atomic E-state index is -0.0350. The lowest BCUT2D eigenvalue weighted by molar-refractivity contribution is 0.0303. The lowest BCUT2D eigenvalue weighted by Crippen LogP contribution is -2.40. The van der Waals surface area contributed by atoms with Crippen LogP contribution in [0.25, 0.3) is 11.5 Å². The normalized spacial score (nSPS) is 14.7. The Hall–Kier alpha value is -2.57. The van der Waals surface area contributed by atoms with E-state index >= 15 is 0 Å². The number of rotatable bonds is 3. The van der Waals surface area contributed by atoms with Crippen LogP contribution in [0, 0.1) is 0 Å². The maximum absolute atomic E-state index is 13.0. The molecule has 1 fully saturated rings. The first-order valence-corrected chi connectivity index (χ1v) is 8.46. The molecular formula is C18H17ClN4O2. The number of carbonyl (C=O) groups excluding carboxylic acids is 1. The highest BCUT2D eigenvalue weighted by atomic mass is 35.5. The largest absolute Gasteiger partial charge is 0.378 e. The molecule has 128 valence electrons. The molecule has 0 bridgehead atoms. The number of ether oxygens (including phenoxy) is 1. The number of nitrogens with zero attached hydrogens (tertiary/aromatic N) is 4. The van der Waals surface area contributed by atoms with Crippen LogP contribution >= 0.6 is 11.6 Å². The first kappa shape index (κ1) is 15.9. The summed E-state index contributed by atoms with van der Waals surface area (Å²) in [6.45, 7) is 2.32. The molecule has 3 heterocycles. The second-order valence-corrected chi connectivity index (χ2v) is 6.20. The van der Waals surface area contributed by atoms with Crippen LogP contribution in [0.5, 0.6) is 0 Å². The summed E-state index contributed by atoms with van der Waals surface area (Å²) in [5.74, 6) is 0.677. The summed E-state index contributed by atoms with van der Waals surface area (Å²) < 4.78 is 8.99. The Kier molecular flexibility index (Phi) is 4.29. The number of carbonyl (C=O) groups is 1. The average Bonchev–Trinajstić information content (AvgIpc) is 3.32. The third-order valence-corrected chi connectivity index (χ3v) is 4.44. The van der Waals surface area contributed by atoms with Crippen molar-refractivity contribution < 1.29 is 9.53 Å². The van der Waals surface area contributed by atoms with Crippen molar-refractivity contribution >= 4 is 17.5 Å². The van der Waals surface area contributed by atoms with Crippen LogP contribution in [0.1, 0.15) is 10.4 Å². The Morgan fingerprint density at radius 3 is 2.44 bits per heavy atom. The number of hydrogen-bond acceptors (Lipinski definition) is 3. The third-order valence-electron chi connectivity index (χ3n) is 4.19. The monoisotopic (exact) mass is 356 g/mol. The van der Waals surface area contributed by atoms with Crippen molar-refractivity contribution in [2.45, 2.75) is 0 Å². The molecule has 0 spiro atoms. The van der Waals surface area contributed by atoms with Crippen LogP contribution in [0.4, 0.5) is 0 Å².